The van der Waals surface area contributed by atoms with Crippen LogP contribution in [-0.2, 0) is 0 Å². The predicted octanol–water partition coefficient (Wildman–Crippen LogP) is 3.03. The zero-order valence-electron chi connectivity index (χ0n) is 9.70. The van der Waals surface area contributed by atoms with E-state index >= 15 is 0 Å². The average molecular weight is 215 g/mol. The number of nitrogens with zero attached hydrogens (tertiary/aromatic N) is 1. The number of anilines is 2. The number of rotatable bonds is 3. The van der Waals surface area contributed by atoms with Crippen molar-refractivity contribution < 1.29 is 0 Å². The Balaban J connectivity index is 2.50. The molecule has 0 amide bonds. The maximum Gasteiger partial charge on any atom is 0.0953 e. The lowest BCUT2D eigenvalue weighted by Gasteiger charge is -2.15. The van der Waals surface area contributed by atoms with Gasteiger partial charge >= 0.3 is 0 Å². The van der Waals surface area contributed by atoms with Crippen molar-refractivity contribution in [2.24, 2.45) is 0 Å². The molecule has 0 aliphatic carbocycles. The molecule has 1 atom stereocenters. The maximum atomic E-state index is 5.92. The molecule has 16 heavy (non-hydrogen) atoms. The van der Waals surface area contributed by atoms with Crippen LogP contribution in [0.2, 0.25) is 0 Å². The number of hydrogen-bond donors (Lipinski definition) is 2. The summed E-state index contributed by atoms with van der Waals surface area (Å²) >= 11 is 0. The second kappa shape index (κ2) is 4.39. The first-order chi connectivity index (χ1) is 7.72. The second-order valence-corrected chi connectivity index (χ2v) is 4.06. The fourth-order valence-electron chi connectivity index (χ4n) is 1.68. The molecule has 0 saturated carbocycles. The molecule has 0 radical (unpaired) electrons. The zero-order chi connectivity index (χ0) is 11.5. The van der Waals surface area contributed by atoms with Crippen LogP contribution in [0, 0.1) is 0 Å². The number of nitrogens with two attached hydrogens (primary N) is 1. The van der Waals surface area contributed by atoms with Crippen molar-refractivity contribution in [2.45, 2.75) is 26.3 Å². The fourth-order valence-corrected chi connectivity index (χ4v) is 1.68. The van der Waals surface area contributed by atoms with E-state index in [1.165, 1.54) is 0 Å². The van der Waals surface area contributed by atoms with Gasteiger partial charge in [0.15, 0.2) is 0 Å². The van der Waals surface area contributed by atoms with Crippen LogP contribution >= 0.6 is 0 Å². The first-order valence-electron chi connectivity index (χ1n) is 5.62. The van der Waals surface area contributed by atoms with E-state index < -0.39 is 0 Å². The Hall–Kier alpha value is -1.77. The largest absolute Gasteiger partial charge is 0.398 e. The molecule has 84 valence electrons. The minimum Gasteiger partial charge on any atom is -0.398 e. The molecule has 3 heteroatoms. The smallest absolute Gasteiger partial charge is 0.0953 e. The van der Waals surface area contributed by atoms with Gasteiger partial charge in [-0.15, -0.1) is 0 Å². The topological polar surface area (TPSA) is 50.9 Å². The Morgan fingerprint density at radius 1 is 1.38 bits per heavy atom. The van der Waals surface area contributed by atoms with E-state index in [0.29, 0.717) is 6.04 Å². The van der Waals surface area contributed by atoms with Crippen LogP contribution in [0.4, 0.5) is 11.4 Å². The molecule has 0 fully saturated rings. The van der Waals surface area contributed by atoms with Gasteiger partial charge in [-0.25, -0.2) is 0 Å². The maximum absolute atomic E-state index is 5.92. The van der Waals surface area contributed by atoms with Crippen LogP contribution in [0.5, 0.6) is 0 Å². The van der Waals surface area contributed by atoms with E-state index in [0.717, 1.165) is 28.7 Å². The van der Waals surface area contributed by atoms with Gasteiger partial charge in [0.2, 0.25) is 0 Å². The van der Waals surface area contributed by atoms with Crippen molar-refractivity contribution in [1.29, 1.82) is 0 Å². The third-order valence-electron chi connectivity index (χ3n) is 2.82. The summed E-state index contributed by atoms with van der Waals surface area (Å²) in [5.41, 5.74) is 8.70. The Labute approximate surface area is 95.7 Å². The third kappa shape index (κ3) is 1.94. The number of nitrogens with one attached hydrogen (secondary N) is 1. The van der Waals surface area contributed by atoms with Crippen molar-refractivity contribution in [1.82, 2.24) is 4.98 Å². The fraction of sp³-hybridized carbons (Fsp3) is 0.308. The SMILES string of the molecule is CCC(C)Nc1ccc(N)c2cccnc12. The zero-order valence-corrected chi connectivity index (χ0v) is 9.70. The number of fused-ring (bicyclic) bond motifs is 1. The van der Waals surface area contributed by atoms with Crippen LogP contribution < -0.4 is 11.1 Å². The quantitative estimate of drug-likeness (QED) is 0.774. The summed E-state index contributed by atoms with van der Waals surface area (Å²) < 4.78 is 0. The van der Waals surface area contributed by atoms with Gasteiger partial charge < -0.3 is 11.1 Å². The van der Waals surface area contributed by atoms with Crippen molar-refractivity contribution >= 4 is 22.3 Å². The van der Waals surface area contributed by atoms with Crippen molar-refractivity contribution in [3.63, 3.8) is 0 Å². The van der Waals surface area contributed by atoms with E-state index in [1.54, 1.807) is 6.20 Å². The van der Waals surface area contributed by atoms with Crippen molar-refractivity contribution in [2.75, 3.05) is 11.1 Å². The molecule has 1 unspecified atom stereocenters. The minimum absolute atomic E-state index is 0.439. The Bertz CT molecular complexity index is 494. The molecule has 0 aliphatic rings. The van der Waals surface area contributed by atoms with E-state index in [1.807, 2.05) is 24.3 Å². The minimum atomic E-state index is 0.439. The molecule has 0 aliphatic heterocycles. The molecule has 0 saturated heterocycles. The summed E-state index contributed by atoms with van der Waals surface area (Å²) in [7, 11) is 0. The lowest BCUT2D eigenvalue weighted by molar-refractivity contribution is 0.765. The monoisotopic (exact) mass is 215 g/mol. The number of hydrogen-bond acceptors (Lipinski definition) is 3. The van der Waals surface area contributed by atoms with Gasteiger partial charge in [0.25, 0.3) is 0 Å². The molecule has 2 rings (SSSR count). The first-order valence-corrected chi connectivity index (χ1v) is 5.62. The lowest BCUT2D eigenvalue weighted by atomic mass is 10.1. The number of benzene rings is 1. The summed E-state index contributed by atoms with van der Waals surface area (Å²) in [6.07, 6.45) is 2.88. The summed E-state index contributed by atoms with van der Waals surface area (Å²) in [6.45, 7) is 4.32. The Morgan fingerprint density at radius 3 is 2.94 bits per heavy atom. The van der Waals surface area contributed by atoms with Crippen LogP contribution in [0.15, 0.2) is 30.5 Å². The van der Waals surface area contributed by atoms with Crippen molar-refractivity contribution in [3.05, 3.63) is 30.5 Å². The molecule has 0 bridgehead atoms. The van der Waals surface area contributed by atoms with Crippen LogP contribution in [0.1, 0.15) is 20.3 Å². The van der Waals surface area contributed by atoms with Crippen LogP contribution in [-0.4, -0.2) is 11.0 Å². The number of pyridine rings is 1. The Morgan fingerprint density at radius 2 is 2.19 bits per heavy atom. The standard InChI is InChI=1S/C13H17N3/c1-3-9(2)16-12-7-6-11(14)10-5-4-8-15-13(10)12/h4-9,16H,3,14H2,1-2H3. The average Bonchev–Trinajstić information content (AvgIpc) is 2.33. The molecule has 3 N–H and O–H groups in total. The Kier molecular flexibility index (Phi) is 2.95. The van der Waals surface area contributed by atoms with E-state index in [-0.39, 0.29) is 0 Å². The van der Waals surface area contributed by atoms with Gasteiger partial charge in [-0.2, -0.15) is 0 Å². The third-order valence-corrected chi connectivity index (χ3v) is 2.82. The highest BCUT2D eigenvalue weighted by Crippen LogP contribution is 2.26. The van der Waals surface area contributed by atoms with Gasteiger partial charge in [-0.05, 0) is 37.6 Å². The molecule has 2 aromatic rings. The van der Waals surface area contributed by atoms with Crippen LogP contribution in [0.3, 0.4) is 0 Å². The van der Waals surface area contributed by atoms with Gasteiger partial charge in [-0.1, -0.05) is 6.92 Å². The molecule has 1 heterocycles. The van der Waals surface area contributed by atoms with Gasteiger partial charge in [0, 0.05) is 23.3 Å². The summed E-state index contributed by atoms with van der Waals surface area (Å²) in [4.78, 5) is 4.39. The summed E-state index contributed by atoms with van der Waals surface area (Å²) in [6, 6.07) is 8.27. The molecule has 1 aromatic carbocycles. The van der Waals surface area contributed by atoms with Crippen molar-refractivity contribution in [3.8, 4) is 0 Å². The molecule has 1 aromatic heterocycles. The van der Waals surface area contributed by atoms with E-state index in [9.17, 15) is 0 Å². The van der Waals surface area contributed by atoms with Gasteiger partial charge in [0.1, 0.15) is 0 Å². The summed E-state index contributed by atoms with van der Waals surface area (Å²) in [5, 5.41) is 4.45. The highest BCUT2D eigenvalue weighted by Gasteiger charge is 2.06. The number of nitrogen functional groups attached to an aromatic ring is 1. The second-order valence-electron chi connectivity index (χ2n) is 4.06. The number of aromatic nitrogens is 1. The van der Waals surface area contributed by atoms with Gasteiger partial charge in [0.05, 0.1) is 11.2 Å². The highest BCUT2D eigenvalue weighted by atomic mass is 14.9. The first kappa shape index (κ1) is 10.7. The molecule has 0 spiro atoms. The van der Waals surface area contributed by atoms with E-state index in [4.69, 9.17) is 5.73 Å². The molecular weight excluding hydrogens is 198 g/mol. The normalized spacial score (nSPS) is 12.6. The van der Waals surface area contributed by atoms with Gasteiger partial charge in [-0.3, -0.25) is 4.98 Å². The summed E-state index contributed by atoms with van der Waals surface area (Å²) in [5.74, 6) is 0. The molecular formula is C13H17N3. The molecule has 3 nitrogen and oxygen atoms in total. The van der Waals surface area contributed by atoms with Crippen LogP contribution in [0.25, 0.3) is 10.9 Å². The highest BCUT2D eigenvalue weighted by molar-refractivity contribution is 5.98. The predicted molar refractivity (Wildman–Crippen MR) is 69.5 cm³/mol. The lowest BCUT2D eigenvalue weighted by Crippen LogP contribution is -2.13. The van der Waals surface area contributed by atoms with E-state index in [2.05, 4.69) is 24.1 Å².